The summed E-state index contributed by atoms with van der Waals surface area (Å²) in [5, 5.41) is 15.5. The van der Waals surface area contributed by atoms with Crippen molar-refractivity contribution < 1.29 is 31.9 Å². The molecule has 1 aromatic heterocycles. The van der Waals surface area contributed by atoms with E-state index in [0.29, 0.717) is 35.3 Å². The Morgan fingerprint density at radius 3 is 2.68 bits per heavy atom. The lowest BCUT2D eigenvalue weighted by Crippen LogP contribution is -2.34. The Balaban J connectivity index is 1.53. The standard InChI is InChI=1S/C27H26F5N3O2/c1-15(36)16-3-2-4-17(9-16)26-22-13-34(8-6-27(30,31)32)7-5-24(22)35(33-26)14-21-19-10-18(28)11-23(29)20(19)12-25(21)37/h2-4,9-11,21,25,37H,5-8,12-14H2,1H3/t21?,25-/m1/s1. The lowest BCUT2D eigenvalue weighted by molar-refractivity contribution is -0.138. The molecular formula is C27H26F5N3O2. The molecule has 0 bridgehead atoms. The van der Waals surface area contributed by atoms with E-state index in [0.717, 1.165) is 17.3 Å². The van der Waals surface area contributed by atoms with Crippen LogP contribution in [0.2, 0.25) is 0 Å². The Labute approximate surface area is 210 Å². The third kappa shape index (κ3) is 5.17. The van der Waals surface area contributed by atoms with Gasteiger partial charge in [0.05, 0.1) is 24.8 Å². The van der Waals surface area contributed by atoms with E-state index in [1.807, 2.05) is 0 Å². The van der Waals surface area contributed by atoms with Crippen LogP contribution >= 0.6 is 0 Å². The van der Waals surface area contributed by atoms with Gasteiger partial charge in [0.25, 0.3) is 0 Å². The van der Waals surface area contributed by atoms with Crippen molar-refractivity contribution in [3.63, 3.8) is 0 Å². The summed E-state index contributed by atoms with van der Waals surface area (Å²) in [5.41, 5.74) is 3.94. The van der Waals surface area contributed by atoms with Gasteiger partial charge in [-0.05, 0) is 30.2 Å². The van der Waals surface area contributed by atoms with Gasteiger partial charge in [0.2, 0.25) is 0 Å². The molecule has 37 heavy (non-hydrogen) atoms. The van der Waals surface area contributed by atoms with Crippen molar-refractivity contribution in [2.24, 2.45) is 0 Å². The molecule has 5 nitrogen and oxygen atoms in total. The first kappa shape index (κ1) is 25.5. The number of aromatic nitrogens is 2. The zero-order chi connectivity index (χ0) is 26.5. The van der Waals surface area contributed by atoms with Crippen LogP contribution in [0.5, 0.6) is 0 Å². The van der Waals surface area contributed by atoms with Crippen molar-refractivity contribution in [3.8, 4) is 11.3 Å². The molecule has 2 aromatic carbocycles. The topological polar surface area (TPSA) is 58.4 Å². The van der Waals surface area contributed by atoms with E-state index >= 15 is 0 Å². The number of nitrogens with zero attached hydrogens (tertiary/aromatic N) is 3. The van der Waals surface area contributed by atoms with Crippen molar-refractivity contribution in [1.29, 1.82) is 0 Å². The number of carbonyl (C=O) groups is 1. The van der Waals surface area contributed by atoms with Crippen molar-refractivity contribution in [1.82, 2.24) is 14.7 Å². The van der Waals surface area contributed by atoms with Gasteiger partial charge in [0, 0.05) is 66.8 Å². The van der Waals surface area contributed by atoms with E-state index in [2.05, 4.69) is 0 Å². The first-order valence-electron chi connectivity index (χ1n) is 12.1. The largest absolute Gasteiger partial charge is 0.392 e. The predicted octanol–water partition coefficient (Wildman–Crippen LogP) is 5.04. The fraction of sp³-hybridized carbons (Fsp3) is 0.407. The maximum atomic E-state index is 14.4. The molecule has 0 radical (unpaired) electrons. The highest BCUT2D eigenvalue weighted by atomic mass is 19.4. The normalized spacial score (nSPS) is 19.6. The molecule has 0 saturated heterocycles. The molecule has 10 heteroatoms. The Bertz CT molecular complexity index is 1350. The maximum Gasteiger partial charge on any atom is 0.390 e. The number of Topliss-reactive ketones (excluding diaryl/α,β-unsaturated/α-hetero) is 1. The molecule has 0 fully saturated rings. The summed E-state index contributed by atoms with van der Waals surface area (Å²) in [4.78, 5) is 13.7. The average molecular weight is 520 g/mol. The minimum Gasteiger partial charge on any atom is -0.392 e. The number of hydrogen-bond donors (Lipinski definition) is 1. The van der Waals surface area contributed by atoms with Gasteiger partial charge in [-0.15, -0.1) is 0 Å². The molecule has 2 atom stereocenters. The van der Waals surface area contributed by atoms with Crippen LogP contribution in [0.4, 0.5) is 22.0 Å². The quantitative estimate of drug-likeness (QED) is 0.366. The SMILES string of the molecule is CC(=O)c1cccc(-c2nn(CC3c4cc(F)cc(F)c4C[C@H]3O)c3c2CN(CCC(F)(F)F)CC3)c1. The first-order chi connectivity index (χ1) is 17.5. The highest BCUT2D eigenvalue weighted by Gasteiger charge is 2.36. The van der Waals surface area contributed by atoms with Gasteiger partial charge in [0.15, 0.2) is 5.78 Å². The lowest BCUT2D eigenvalue weighted by atomic mass is 9.97. The molecule has 196 valence electrons. The Morgan fingerprint density at radius 2 is 1.95 bits per heavy atom. The van der Waals surface area contributed by atoms with Crippen LogP contribution < -0.4 is 0 Å². The van der Waals surface area contributed by atoms with E-state index < -0.39 is 36.3 Å². The fourth-order valence-electron chi connectivity index (χ4n) is 5.43. The fourth-order valence-corrected chi connectivity index (χ4v) is 5.43. The smallest absolute Gasteiger partial charge is 0.390 e. The van der Waals surface area contributed by atoms with Crippen LogP contribution in [-0.4, -0.2) is 50.9 Å². The summed E-state index contributed by atoms with van der Waals surface area (Å²) in [6.45, 7) is 2.11. The summed E-state index contributed by atoms with van der Waals surface area (Å²) < 4.78 is 68.7. The molecule has 1 N–H and O–H groups in total. The summed E-state index contributed by atoms with van der Waals surface area (Å²) in [6, 6.07) is 8.95. The first-order valence-corrected chi connectivity index (χ1v) is 12.1. The monoisotopic (exact) mass is 519 g/mol. The Hall–Kier alpha value is -3.11. The zero-order valence-corrected chi connectivity index (χ0v) is 20.2. The summed E-state index contributed by atoms with van der Waals surface area (Å²) in [5.74, 6) is -2.14. The van der Waals surface area contributed by atoms with Crippen molar-refractivity contribution in [3.05, 3.63) is 76.0 Å². The molecule has 2 aliphatic rings. The number of fused-ring (bicyclic) bond motifs is 2. The van der Waals surface area contributed by atoms with Crippen LogP contribution in [-0.2, 0) is 25.9 Å². The van der Waals surface area contributed by atoms with Gasteiger partial charge < -0.3 is 5.11 Å². The number of hydrogen-bond acceptors (Lipinski definition) is 4. The molecule has 1 aliphatic heterocycles. The third-order valence-corrected chi connectivity index (χ3v) is 7.31. The molecule has 2 heterocycles. The molecule has 5 rings (SSSR count). The van der Waals surface area contributed by atoms with Crippen LogP contribution in [0, 0.1) is 11.6 Å². The summed E-state index contributed by atoms with van der Waals surface area (Å²) >= 11 is 0. The third-order valence-electron chi connectivity index (χ3n) is 7.31. The number of benzene rings is 2. The number of aliphatic hydroxyl groups excluding tert-OH is 1. The van der Waals surface area contributed by atoms with Gasteiger partial charge >= 0.3 is 6.18 Å². The molecule has 0 spiro atoms. The summed E-state index contributed by atoms with van der Waals surface area (Å²) in [7, 11) is 0. The van der Waals surface area contributed by atoms with Crippen LogP contribution in [0.25, 0.3) is 11.3 Å². The van der Waals surface area contributed by atoms with Crippen molar-refractivity contribution >= 4 is 5.78 Å². The second kappa shape index (κ2) is 9.64. The van der Waals surface area contributed by atoms with Gasteiger partial charge in [-0.1, -0.05) is 18.2 Å². The van der Waals surface area contributed by atoms with Crippen molar-refractivity contribution in [2.75, 3.05) is 13.1 Å². The van der Waals surface area contributed by atoms with Gasteiger partial charge in [-0.2, -0.15) is 18.3 Å². The van der Waals surface area contributed by atoms with E-state index in [9.17, 15) is 31.9 Å². The van der Waals surface area contributed by atoms with E-state index in [1.54, 1.807) is 33.8 Å². The Morgan fingerprint density at radius 1 is 1.16 bits per heavy atom. The highest BCUT2D eigenvalue weighted by Crippen LogP contribution is 2.39. The molecule has 1 aliphatic carbocycles. The van der Waals surface area contributed by atoms with Gasteiger partial charge in [-0.3, -0.25) is 14.4 Å². The van der Waals surface area contributed by atoms with E-state index in [-0.39, 0.29) is 37.4 Å². The lowest BCUT2D eigenvalue weighted by Gasteiger charge is -2.28. The second-order valence-electron chi connectivity index (χ2n) is 9.82. The average Bonchev–Trinajstić information content (AvgIpc) is 3.35. The molecule has 0 saturated carbocycles. The predicted molar refractivity (Wildman–Crippen MR) is 126 cm³/mol. The van der Waals surface area contributed by atoms with Gasteiger partial charge in [-0.25, -0.2) is 8.78 Å². The minimum atomic E-state index is -4.26. The van der Waals surface area contributed by atoms with Gasteiger partial charge in [0.1, 0.15) is 11.6 Å². The van der Waals surface area contributed by atoms with Crippen molar-refractivity contribution in [2.45, 2.75) is 57.5 Å². The Kier molecular flexibility index (Phi) is 6.66. The molecule has 3 aromatic rings. The van der Waals surface area contributed by atoms with E-state index in [1.165, 1.54) is 13.0 Å². The van der Waals surface area contributed by atoms with Crippen LogP contribution in [0.1, 0.15) is 52.0 Å². The number of carbonyl (C=O) groups excluding carboxylic acids is 1. The van der Waals surface area contributed by atoms with Crippen LogP contribution in [0.3, 0.4) is 0 Å². The van der Waals surface area contributed by atoms with Crippen LogP contribution in [0.15, 0.2) is 36.4 Å². The summed E-state index contributed by atoms with van der Waals surface area (Å²) in [6.07, 6.45) is -5.62. The molecule has 1 unspecified atom stereocenters. The maximum absolute atomic E-state index is 14.4. The zero-order valence-electron chi connectivity index (χ0n) is 20.2. The number of rotatable bonds is 6. The molecule has 0 amide bonds. The minimum absolute atomic E-state index is 0.0638. The van der Waals surface area contributed by atoms with E-state index in [4.69, 9.17) is 5.10 Å². The number of ketones is 1. The number of alkyl halides is 3. The molecular weight excluding hydrogens is 493 g/mol. The highest BCUT2D eigenvalue weighted by molar-refractivity contribution is 5.95. The number of halogens is 5. The number of aliphatic hydroxyl groups is 1. The second-order valence-corrected chi connectivity index (χ2v) is 9.82.